The average Bonchev–Trinajstić information content (AvgIpc) is 2.92. The van der Waals surface area contributed by atoms with Crippen molar-refractivity contribution >= 4 is 29.1 Å². The average molecular weight is 410 g/mol. The normalized spacial score (nSPS) is 15.4. The zero-order chi connectivity index (χ0) is 19.7. The number of hydrogen-bond acceptors (Lipinski definition) is 3. The molecule has 1 heterocycles. The number of aliphatic hydroxyl groups is 1. The second kappa shape index (κ2) is 7.50. The molecule has 0 aliphatic heterocycles. The van der Waals surface area contributed by atoms with Crippen molar-refractivity contribution in [2.24, 2.45) is 0 Å². The van der Waals surface area contributed by atoms with Gasteiger partial charge in [-0.05, 0) is 43.7 Å². The molecule has 2 atom stereocenters. The highest BCUT2D eigenvalue weighted by Crippen LogP contribution is 2.42. The minimum atomic E-state index is -5.10. The number of nitrogens with one attached hydrogen (secondary N) is 1. The Kier molecular flexibility index (Phi) is 5.95. The van der Waals surface area contributed by atoms with E-state index in [0.717, 1.165) is 6.07 Å². The molecule has 4 nitrogen and oxygen atoms in total. The van der Waals surface area contributed by atoms with E-state index in [1.54, 1.807) is 19.1 Å². The van der Waals surface area contributed by atoms with Gasteiger partial charge in [-0.3, -0.25) is 4.79 Å². The molecule has 0 aliphatic carbocycles. The van der Waals surface area contributed by atoms with Gasteiger partial charge in [0.25, 0.3) is 0 Å². The number of aryl methyl sites for hydroxylation is 1. The summed E-state index contributed by atoms with van der Waals surface area (Å²) in [4.78, 5) is 12.2. The van der Waals surface area contributed by atoms with Gasteiger partial charge in [0.2, 0.25) is 11.5 Å². The molecule has 0 saturated heterocycles. The Morgan fingerprint density at radius 1 is 1.27 bits per heavy atom. The summed E-state index contributed by atoms with van der Waals surface area (Å²) in [7, 11) is 0. The van der Waals surface area contributed by atoms with Gasteiger partial charge in [0.05, 0.1) is 12.5 Å². The molecule has 2 aromatic rings. The molecule has 2 N–H and O–H groups in total. The maximum atomic E-state index is 13.4. The maximum absolute atomic E-state index is 13.4. The van der Waals surface area contributed by atoms with E-state index >= 15 is 0 Å². The molecule has 0 saturated carbocycles. The van der Waals surface area contributed by atoms with Gasteiger partial charge in [-0.2, -0.15) is 13.2 Å². The summed E-state index contributed by atoms with van der Waals surface area (Å²) in [5, 5.41) is 13.2. The number of alkyl halides is 3. The Hall–Kier alpha value is -1.70. The van der Waals surface area contributed by atoms with Gasteiger partial charge in [-0.25, -0.2) is 0 Å². The van der Waals surface area contributed by atoms with Crippen molar-refractivity contribution in [3.8, 4) is 0 Å². The zero-order valence-electron chi connectivity index (χ0n) is 13.8. The molecule has 142 valence electrons. The zero-order valence-corrected chi connectivity index (χ0v) is 15.3. The lowest BCUT2D eigenvalue weighted by Gasteiger charge is -2.28. The van der Waals surface area contributed by atoms with E-state index in [9.17, 15) is 23.1 Å². The Bertz CT molecular complexity index is 807. The SMILES string of the molecule is Cc1ccc([C@@](O)(CC(=O)N[C@@H](C)c2ccc(Cl)cc2Cl)C(F)(F)F)o1. The topological polar surface area (TPSA) is 62.5 Å². The van der Waals surface area contributed by atoms with Gasteiger partial charge in [0.15, 0.2) is 0 Å². The van der Waals surface area contributed by atoms with Crippen LogP contribution in [0.2, 0.25) is 10.0 Å². The van der Waals surface area contributed by atoms with Gasteiger partial charge < -0.3 is 14.8 Å². The van der Waals surface area contributed by atoms with Crippen LogP contribution in [0.25, 0.3) is 0 Å². The van der Waals surface area contributed by atoms with E-state index < -0.39 is 35.9 Å². The van der Waals surface area contributed by atoms with Gasteiger partial charge in [-0.1, -0.05) is 29.3 Å². The van der Waals surface area contributed by atoms with Crippen LogP contribution in [0.4, 0.5) is 13.2 Å². The fourth-order valence-corrected chi connectivity index (χ4v) is 3.01. The molecule has 0 aliphatic rings. The highest BCUT2D eigenvalue weighted by molar-refractivity contribution is 6.35. The molecule has 0 fully saturated rings. The third-order valence-corrected chi connectivity index (χ3v) is 4.40. The first-order valence-electron chi connectivity index (χ1n) is 7.54. The highest BCUT2D eigenvalue weighted by Gasteiger charge is 2.58. The van der Waals surface area contributed by atoms with E-state index in [4.69, 9.17) is 27.6 Å². The Morgan fingerprint density at radius 3 is 2.42 bits per heavy atom. The van der Waals surface area contributed by atoms with E-state index in [0.29, 0.717) is 10.6 Å². The molecule has 9 heteroatoms. The van der Waals surface area contributed by atoms with Crippen molar-refractivity contribution in [2.75, 3.05) is 0 Å². The molecular formula is C17H16Cl2F3NO3. The number of benzene rings is 1. The molecule has 26 heavy (non-hydrogen) atoms. The number of carbonyl (C=O) groups excluding carboxylic acids is 1. The van der Waals surface area contributed by atoms with Crippen LogP contribution < -0.4 is 5.32 Å². The first-order valence-corrected chi connectivity index (χ1v) is 8.30. The largest absolute Gasteiger partial charge is 0.463 e. The summed E-state index contributed by atoms with van der Waals surface area (Å²) in [5.41, 5.74) is -2.96. The van der Waals surface area contributed by atoms with Crippen LogP contribution in [0.15, 0.2) is 34.7 Å². The number of hydrogen-bond donors (Lipinski definition) is 2. The summed E-state index contributed by atoms with van der Waals surface area (Å²) in [5.74, 6) is -1.57. The molecule has 1 amide bonds. The minimum absolute atomic E-state index is 0.185. The lowest BCUT2D eigenvalue weighted by atomic mass is 9.95. The van der Waals surface area contributed by atoms with Crippen molar-refractivity contribution in [3.63, 3.8) is 0 Å². The first-order chi connectivity index (χ1) is 11.9. The van der Waals surface area contributed by atoms with Crippen LogP contribution in [-0.4, -0.2) is 17.2 Å². The van der Waals surface area contributed by atoms with E-state index in [2.05, 4.69) is 5.32 Å². The van der Waals surface area contributed by atoms with E-state index in [1.807, 2.05) is 0 Å². The summed E-state index contributed by atoms with van der Waals surface area (Å²) < 4.78 is 45.1. The van der Waals surface area contributed by atoms with Crippen LogP contribution in [0.5, 0.6) is 0 Å². The summed E-state index contributed by atoms with van der Waals surface area (Å²) in [6.07, 6.45) is -6.35. The van der Waals surface area contributed by atoms with Crippen molar-refractivity contribution in [1.82, 2.24) is 5.32 Å². The minimum Gasteiger partial charge on any atom is -0.463 e. The molecular weight excluding hydrogens is 394 g/mol. The van der Waals surface area contributed by atoms with Crippen LogP contribution >= 0.6 is 23.2 Å². The van der Waals surface area contributed by atoms with Gasteiger partial charge in [0, 0.05) is 10.0 Å². The second-order valence-electron chi connectivity index (χ2n) is 5.90. The monoisotopic (exact) mass is 409 g/mol. The quantitative estimate of drug-likeness (QED) is 0.736. The Morgan fingerprint density at radius 2 is 1.92 bits per heavy atom. The Balaban J connectivity index is 2.20. The van der Waals surface area contributed by atoms with Crippen molar-refractivity contribution in [1.29, 1.82) is 0 Å². The standard InChI is InChI=1S/C17H16Cl2F3NO3/c1-9-3-6-14(26-9)16(25,17(20,21)22)8-15(24)23-10(2)12-5-4-11(18)7-13(12)19/h3-7,10,25H,8H2,1-2H3,(H,23,24)/t10-,16-/m0/s1. The number of carbonyl (C=O) groups is 1. The fourth-order valence-electron chi connectivity index (χ4n) is 2.44. The van der Waals surface area contributed by atoms with Crippen LogP contribution in [0, 0.1) is 6.92 Å². The van der Waals surface area contributed by atoms with Gasteiger partial charge in [-0.15, -0.1) is 0 Å². The Labute approximate surface area is 157 Å². The first kappa shape index (κ1) is 20.6. The third-order valence-electron chi connectivity index (χ3n) is 3.84. The smallest absolute Gasteiger partial charge is 0.425 e. The molecule has 0 unspecified atom stereocenters. The van der Waals surface area contributed by atoms with Gasteiger partial charge >= 0.3 is 6.18 Å². The number of halogens is 5. The predicted octanol–water partition coefficient (Wildman–Crippen LogP) is 4.91. The lowest BCUT2D eigenvalue weighted by Crippen LogP contribution is -2.46. The summed E-state index contributed by atoms with van der Waals surface area (Å²) >= 11 is 11.8. The predicted molar refractivity (Wildman–Crippen MR) is 91.0 cm³/mol. The number of amides is 1. The van der Waals surface area contributed by atoms with E-state index in [1.165, 1.54) is 19.1 Å². The molecule has 0 spiro atoms. The lowest BCUT2D eigenvalue weighted by molar-refractivity contribution is -0.273. The highest BCUT2D eigenvalue weighted by atomic mass is 35.5. The molecule has 0 radical (unpaired) electrons. The number of rotatable bonds is 5. The van der Waals surface area contributed by atoms with Crippen molar-refractivity contribution in [3.05, 3.63) is 57.5 Å². The molecule has 0 bridgehead atoms. The fraction of sp³-hybridized carbons (Fsp3) is 0.353. The van der Waals surface area contributed by atoms with Crippen LogP contribution in [0.3, 0.4) is 0 Å². The third kappa shape index (κ3) is 4.34. The molecule has 2 rings (SSSR count). The molecule has 1 aromatic heterocycles. The van der Waals surface area contributed by atoms with Crippen LogP contribution in [0.1, 0.15) is 36.5 Å². The molecule has 1 aromatic carbocycles. The summed E-state index contributed by atoms with van der Waals surface area (Å²) in [6, 6.07) is 6.14. The maximum Gasteiger partial charge on any atom is 0.425 e. The van der Waals surface area contributed by atoms with Crippen molar-refractivity contribution in [2.45, 2.75) is 38.1 Å². The summed E-state index contributed by atoms with van der Waals surface area (Å²) in [6.45, 7) is 2.99. The number of furan rings is 1. The van der Waals surface area contributed by atoms with Crippen molar-refractivity contribution < 1.29 is 27.5 Å². The van der Waals surface area contributed by atoms with E-state index in [-0.39, 0.29) is 10.8 Å². The van der Waals surface area contributed by atoms with Gasteiger partial charge in [0.1, 0.15) is 11.5 Å². The van der Waals surface area contributed by atoms with Crippen LogP contribution in [-0.2, 0) is 10.4 Å². The second-order valence-corrected chi connectivity index (χ2v) is 6.74.